The molecule has 6 nitrogen and oxygen atoms in total. The van der Waals surface area contributed by atoms with Crippen molar-refractivity contribution in [2.75, 3.05) is 5.32 Å². The Morgan fingerprint density at radius 1 is 1.29 bits per heavy atom. The van der Waals surface area contributed by atoms with Gasteiger partial charge in [0, 0.05) is 29.1 Å². The van der Waals surface area contributed by atoms with Gasteiger partial charge in [0.25, 0.3) is 0 Å². The maximum Gasteiger partial charge on any atom is 0.198 e. The smallest absolute Gasteiger partial charge is 0.198 e. The van der Waals surface area contributed by atoms with E-state index in [1.54, 1.807) is 18.2 Å². The van der Waals surface area contributed by atoms with E-state index >= 15 is 0 Å². The molecular formula is C14H12ClN5O. The second-order valence-corrected chi connectivity index (χ2v) is 5.11. The summed E-state index contributed by atoms with van der Waals surface area (Å²) in [6, 6.07) is 7.07. The van der Waals surface area contributed by atoms with Crippen molar-refractivity contribution < 1.29 is 4.79 Å². The minimum absolute atomic E-state index is 0.152. The highest BCUT2D eigenvalue weighted by atomic mass is 35.5. The lowest BCUT2D eigenvalue weighted by molar-refractivity contribution is 0.100. The van der Waals surface area contributed by atoms with Crippen molar-refractivity contribution in [3.05, 3.63) is 40.8 Å². The summed E-state index contributed by atoms with van der Waals surface area (Å²) < 4.78 is 0. The van der Waals surface area contributed by atoms with Crippen LogP contribution in [0.25, 0.3) is 10.9 Å². The van der Waals surface area contributed by atoms with E-state index in [0.29, 0.717) is 22.2 Å². The van der Waals surface area contributed by atoms with E-state index in [4.69, 9.17) is 11.6 Å². The first-order chi connectivity index (χ1) is 10.0. The van der Waals surface area contributed by atoms with E-state index in [1.165, 1.54) is 6.92 Å². The molecule has 0 atom stereocenters. The normalized spacial score (nSPS) is 10.8. The Kier molecular flexibility index (Phi) is 3.31. The van der Waals surface area contributed by atoms with Gasteiger partial charge in [0.15, 0.2) is 17.4 Å². The predicted octanol–water partition coefficient (Wildman–Crippen LogP) is 3.26. The molecular weight excluding hydrogens is 290 g/mol. The fraction of sp³-hybridized carbons (Fsp3) is 0.143. The molecule has 0 fully saturated rings. The number of fused-ring (bicyclic) bond motifs is 1. The number of nitrogens with zero attached hydrogens (tertiary/aromatic N) is 3. The molecule has 0 aliphatic heterocycles. The van der Waals surface area contributed by atoms with Crippen LogP contribution < -0.4 is 5.32 Å². The van der Waals surface area contributed by atoms with E-state index in [2.05, 4.69) is 25.5 Å². The third-order valence-electron chi connectivity index (χ3n) is 2.93. The van der Waals surface area contributed by atoms with Crippen molar-refractivity contribution in [1.82, 2.24) is 20.2 Å². The molecule has 3 aromatic rings. The maximum atomic E-state index is 11.6. The van der Waals surface area contributed by atoms with Crippen molar-refractivity contribution in [3.63, 3.8) is 0 Å². The largest absolute Gasteiger partial charge is 0.323 e. The van der Waals surface area contributed by atoms with Gasteiger partial charge in [0.05, 0.1) is 5.52 Å². The van der Waals surface area contributed by atoms with E-state index in [0.717, 1.165) is 11.1 Å². The number of hydrogen-bond acceptors (Lipinski definition) is 5. The van der Waals surface area contributed by atoms with Gasteiger partial charge in [-0.25, -0.2) is 9.97 Å². The zero-order chi connectivity index (χ0) is 15.0. The van der Waals surface area contributed by atoms with Crippen LogP contribution in [-0.4, -0.2) is 25.9 Å². The van der Waals surface area contributed by atoms with Gasteiger partial charge in [-0.05, 0) is 25.1 Å². The molecule has 0 spiro atoms. The molecule has 1 aromatic carbocycles. The molecule has 0 aliphatic carbocycles. The van der Waals surface area contributed by atoms with Crippen molar-refractivity contribution in [3.8, 4) is 0 Å². The third-order valence-corrected chi connectivity index (χ3v) is 3.16. The molecule has 21 heavy (non-hydrogen) atoms. The summed E-state index contributed by atoms with van der Waals surface area (Å²) in [6.07, 6.45) is 0. The Morgan fingerprint density at radius 3 is 2.76 bits per heavy atom. The lowest BCUT2D eigenvalue weighted by Gasteiger charge is -2.08. The topological polar surface area (TPSA) is 83.6 Å². The monoisotopic (exact) mass is 301 g/mol. The van der Waals surface area contributed by atoms with Crippen molar-refractivity contribution in [2.24, 2.45) is 0 Å². The highest BCUT2D eigenvalue weighted by Crippen LogP contribution is 2.26. The van der Waals surface area contributed by atoms with Gasteiger partial charge in [0.2, 0.25) is 0 Å². The molecule has 0 saturated heterocycles. The zero-order valence-electron chi connectivity index (χ0n) is 11.4. The zero-order valence-corrected chi connectivity index (χ0v) is 12.2. The SMILES string of the molecule is CC(=O)c1nc(Nc2cc(C)[nH]n2)c2cc(Cl)ccc2n1. The number of halogens is 1. The molecule has 2 heterocycles. The van der Waals surface area contributed by atoms with Gasteiger partial charge in [-0.1, -0.05) is 11.6 Å². The summed E-state index contributed by atoms with van der Waals surface area (Å²) in [5.74, 6) is 1.06. The number of carbonyl (C=O) groups excluding carboxylic acids is 1. The molecule has 0 amide bonds. The van der Waals surface area contributed by atoms with Crippen molar-refractivity contribution in [2.45, 2.75) is 13.8 Å². The van der Waals surface area contributed by atoms with Gasteiger partial charge in [-0.3, -0.25) is 9.89 Å². The first kappa shape index (κ1) is 13.5. The molecule has 0 radical (unpaired) electrons. The number of aryl methyl sites for hydroxylation is 1. The minimum Gasteiger partial charge on any atom is -0.323 e. The molecule has 0 aliphatic rings. The molecule has 3 rings (SSSR count). The summed E-state index contributed by atoms with van der Waals surface area (Å²) in [7, 11) is 0. The Hall–Kier alpha value is -2.47. The van der Waals surface area contributed by atoms with Crippen LogP contribution >= 0.6 is 11.6 Å². The Bertz CT molecular complexity index is 842. The highest BCUT2D eigenvalue weighted by Gasteiger charge is 2.12. The van der Waals surface area contributed by atoms with Crippen LogP contribution in [0, 0.1) is 6.92 Å². The van der Waals surface area contributed by atoms with Crippen LogP contribution in [0.15, 0.2) is 24.3 Å². The van der Waals surface area contributed by atoms with Crippen LogP contribution in [0.3, 0.4) is 0 Å². The van der Waals surface area contributed by atoms with E-state index in [9.17, 15) is 4.79 Å². The molecule has 0 unspecified atom stereocenters. The Morgan fingerprint density at radius 2 is 2.10 bits per heavy atom. The standard InChI is InChI=1S/C14H12ClN5O/c1-7-5-12(20-19-7)17-14-10-6-9(15)3-4-11(10)16-13(18-14)8(2)21/h3-6H,1-2H3,(H2,16,17,18,19,20). The number of aromatic amines is 1. The number of hydrogen-bond donors (Lipinski definition) is 2. The fourth-order valence-electron chi connectivity index (χ4n) is 1.96. The summed E-state index contributed by atoms with van der Waals surface area (Å²) >= 11 is 6.03. The maximum absolute atomic E-state index is 11.6. The highest BCUT2D eigenvalue weighted by molar-refractivity contribution is 6.31. The average Bonchev–Trinajstić information content (AvgIpc) is 2.84. The summed E-state index contributed by atoms with van der Waals surface area (Å²) in [4.78, 5) is 20.1. The van der Waals surface area contributed by atoms with E-state index in [1.807, 2.05) is 13.0 Å². The number of H-pyrrole nitrogens is 1. The fourth-order valence-corrected chi connectivity index (χ4v) is 2.13. The number of carbonyl (C=O) groups is 1. The second kappa shape index (κ2) is 5.14. The summed E-state index contributed by atoms with van der Waals surface area (Å²) in [5, 5.41) is 11.3. The molecule has 0 saturated carbocycles. The number of benzene rings is 1. The third kappa shape index (κ3) is 2.71. The Balaban J connectivity index is 2.17. The van der Waals surface area contributed by atoms with Crippen molar-refractivity contribution in [1.29, 1.82) is 0 Å². The quantitative estimate of drug-likeness (QED) is 0.725. The van der Waals surface area contributed by atoms with Gasteiger partial charge in [-0.15, -0.1) is 0 Å². The van der Waals surface area contributed by atoms with Crippen molar-refractivity contribution >= 4 is 39.9 Å². The van der Waals surface area contributed by atoms with Gasteiger partial charge in [-0.2, -0.15) is 5.10 Å². The average molecular weight is 302 g/mol. The number of anilines is 2. The summed E-state index contributed by atoms with van der Waals surface area (Å²) in [6.45, 7) is 3.33. The lowest BCUT2D eigenvalue weighted by atomic mass is 10.2. The molecule has 2 N–H and O–H groups in total. The van der Waals surface area contributed by atoms with E-state index < -0.39 is 0 Å². The summed E-state index contributed by atoms with van der Waals surface area (Å²) in [5.41, 5.74) is 1.56. The number of nitrogens with one attached hydrogen (secondary N) is 2. The van der Waals surface area contributed by atoms with Gasteiger partial charge >= 0.3 is 0 Å². The van der Waals surface area contributed by atoms with Crippen LogP contribution in [0.4, 0.5) is 11.6 Å². The molecule has 106 valence electrons. The second-order valence-electron chi connectivity index (χ2n) is 4.67. The van der Waals surface area contributed by atoms with Crippen LogP contribution in [0.2, 0.25) is 5.02 Å². The first-order valence-electron chi connectivity index (χ1n) is 6.30. The van der Waals surface area contributed by atoms with E-state index in [-0.39, 0.29) is 11.6 Å². The lowest BCUT2D eigenvalue weighted by Crippen LogP contribution is -2.05. The van der Waals surface area contributed by atoms with Gasteiger partial charge in [0.1, 0.15) is 5.82 Å². The molecule has 0 bridgehead atoms. The first-order valence-corrected chi connectivity index (χ1v) is 6.68. The number of Topliss-reactive ketones (excluding diaryl/α,β-unsaturated/α-hetero) is 1. The Labute approximate surface area is 125 Å². The van der Waals surface area contributed by atoms with Crippen LogP contribution in [-0.2, 0) is 0 Å². The molecule has 7 heteroatoms. The molecule has 2 aromatic heterocycles. The van der Waals surface area contributed by atoms with Gasteiger partial charge < -0.3 is 5.32 Å². The number of aromatic nitrogens is 4. The minimum atomic E-state index is -0.201. The van der Waals surface area contributed by atoms with Crippen LogP contribution in [0.1, 0.15) is 23.2 Å². The number of rotatable bonds is 3. The van der Waals surface area contributed by atoms with Crippen LogP contribution in [0.5, 0.6) is 0 Å². The number of ketones is 1. The predicted molar refractivity (Wildman–Crippen MR) is 81.2 cm³/mol.